The molecule has 3 rings (SSSR count). The summed E-state index contributed by atoms with van der Waals surface area (Å²) in [5, 5.41) is 27.5. The van der Waals surface area contributed by atoms with Gasteiger partial charge in [0.05, 0.1) is 11.6 Å². The molecule has 144 valence electrons. The van der Waals surface area contributed by atoms with Crippen LogP contribution in [0.4, 0.5) is 5.69 Å². The predicted molar refractivity (Wildman–Crippen MR) is 103 cm³/mol. The third-order valence-corrected chi connectivity index (χ3v) is 4.44. The molecule has 0 saturated carbocycles. The maximum atomic E-state index is 10.3. The number of halogens is 1. The number of benzene rings is 1. The molecule has 1 aromatic heterocycles. The molecule has 8 heteroatoms. The first kappa shape index (κ1) is 20.7. The molecule has 0 saturated heterocycles. The minimum absolute atomic E-state index is 0.0398. The van der Waals surface area contributed by atoms with Crippen molar-refractivity contribution in [2.45, 2.75) is 32.8 Å². The Hall–Kier alpha value is -2.64. The van der Waals surface area contributed by atoms with Crippen LogP contribution >= 0.6 is 11.6 Å². The maximum absolute atomic E-state index is 10.3. The number of hydrogen-bond donors (Lipinski definition) is 4. The van der Waals surface area contributed by atoms with Crippen molar-refractivity contribution in [3.05, 3.63) is 46.6 Å². The summed E-state index contributed by atoms with van der Waals surface area (Å²) in [7, 11) is 0. The Balaban J connectivity index is 0.000000279. The van der Waals surface area contributed by atoms with Crippen LogP contribution in [0.25, 0.3) is 10.9 Å². The molecular formula is C19H21ClN2O5. The summed E-state index contributed by atoms with van der Waals surface area (Å²) in [6, 6.07) is 5.49. The average molecular weight is 393 g/mol. The first-order valence-corrected chi connectivity index (χ1v) is 8.57. The van der Waals surface area contributed by atoms with Crippen LogP contribution in [-0.4, -0.2) is 32.2 Å². The third-order valence-electron chi connectivity index (χ3n) is 4.20. The minimum Gasteiger partial charge on any atom is -0.478 e. The normalized spacial score (nSPS) is 17.9. The Labute approximate surface area is 161 Å². The van der Waals surface area contributed by atoms with Crippen LogP contribution in [0, 0.1) is 5.41 Å². The van der Waals surface area contributed by atoms with Crippen LogP contribution in [0.2, 0.25) is 5.02 Å². The van der Waals surface area contributed by atoms with Gasteiger partial charge in [-0.3, -0.25) is 4.98 Å². The number of nitrogens with two attached hydrogens (primary N) is 1. The van der Waals surface area contributed by atoms with E-state index in [1.807, 2.05) is 12.1 Å². The summed E-state index contributed by atoms with van der Waals surface area (Å²) < 4.78 is 0. The summed E-state index contributed by atoms with van der Waals surface area (Å²) in [4.78, 5) is 23.8. The molecule has 1 aromatic carbocycles. The fourth-order valence-electron chi connectivity index (χ4n) is 3.13. The number of nitrogen functional groups attached to an aromatic ring is 1. The van der Waals surface area contributed by atoms with Crippen LogP contribution in [-0.2, 0) is 16.0 Å². The van der Waals surface area contributed by atoms with Gasteiger partial charge in [0, 0.05) is 39.5 Å². The molecule has 1 unspecified atom stereocenters. The number of aromatic nitrogens is 1. The number of rotatable bonds is 2. The molecule has 2 aromatic rings. The maximum Gasteiger partial charge on any atom is 0.328 e. The van der Waals surface area contributed by atoms with E-state index in [2.05, 4.69) is 18.8 Å². The molecule has 1 atom stereocenters. The quantitative estimate of drug-likeness (QED) is 0.576. The number of carboxylic acids is 2. The standard InChI is InChI=1S/C15H17ClN2O.C4H4O4/c1-15(2)6-11-13(12(19)7-15)14(17)9-4-3-8(16)5-10(9)18-11;5-3(6)1-2-4(7)8/h3-5,12,19H,6-7H2,1-2H3,(H2,17,18);1-2H,(H,5,6)(H,7,8)/b;2-1-. The molecule has 7 nitrogen and oxygen atoms in total. The van der Waals surface area contributed by atoms with Gasteiger partial charge in [-0.15, -0.1) is 0 Å². The number of carbonyl (C=O) groups is 2. The number of anilines is 1. The van der Waals surface area contributed by atoms with Crippen molar-refractivity contribution in [1.82, 2.24) is 4.98 Å². The number of fused-ring (bicyclic) bond motifs is 2. The van der Waals surface area contributed by atoms with Crippen molar-refractivity contribution >= 4 is 40.1 Å². The fourth-order valence-corrected chi connectivity index (χ4v) is 3.30. The zero-order valence-corrected chi connectivity index (χ0v) is 15.7. The smallest absolute Gasteiger partial charge is 0.328 e. The lowest BCUT2D eigenvalue weighted by Gasteiger charge is -2.34. The number of aliphatic hydroxyl groups excluding tert-OH is 1. The van der Waals surface area contributed by atoms with E-state index in [-0.39, 0.29) is 5.41 Å². The molecule has 1 aliphatic carbocycles. The molecule has 0 amide bonds. The number of carboxylic acid groups (broad SMARTS) is 2. The predicted octanol–water partition coefficient (Wildman–Crippen LogP) is 3.19. The molecular weight excluding hydrogens is 372 g/mol. The van der Waals surface area contributed by atoms with E-state index in [0.717, 1.165) is 28.6 Å². The lowest BCUT2D eigenvalue weighted by atomic mass is 9.74. The molecule has 0 fully saturated rings. The molecule has 1 aliphatic rings. The highest BCUT2D eigenvalue weighted by Crippen LogP contribution is 2.44. The largest absolute Gasteiger partial charge is 0.478 e. The molecule has 1 heterocycles. The SMILES string of the molecule is CC1(C)Cc2nc3cc(Cl)ccc3c(N)c2C(O)C1.O=C(O)/C=C\C(=O)O. The summed E-state index contributed by atoms with van der Waals surface area (Å²) in [5.74, 6) is -2.51. The lowest BCUT2D eigenvalue weighted by molar-refractivity contribution is -0.134. The molecule has 0 bridgehead atoms. The Morgan fingerprint density at radius 2 is 1.85 bits per heavy atom. The van der Waals surface area contributed by atoms with Crippen LogP contribution in [0.1, 0.15) is 37.6 Å². The average Bonchev–Trinajstić information content (AvgIpc) is 2.51. The first-order chi connectivity index (χ1) is 12.5. The van der Waals surface area contributed by atoms with Gasteiger partial charge in [-0.25, -0.2) is 9.59 Å². The number of pyridine rings is 1. The van der Waals surface area contributed by atoms with Crippen LogP contribution in [0.15, 0.2) is 30.4 Å². The monoisotopic (exact) mass is 392 g/mol. The number of hydrogen-bond acceptors (Lipinski definition) is 5. The van der Waals surface area contributed by atoms with Gasteiger partial charge < -0.3 is 21.1 Å². The Morgan fingerprint density at radius 1 is 1.26 bits per heavy atom. The van der Waals surface area contributed by atoms with E-state index in [0.29, 0.717) is 29.3 Å². The third kappa shape index (κ3) is 5.18. The second-order valence-corrected chi connectivity index (χ2v) is 7.55. The number of aliphatic carboxylic acids is 2. The highest BCUT2D eigenvalue weighted by Gasteiger charge is 2.34. The van der Waals surface area contributed by atoms with E-state index in [1.165, 1.54) is 0 Å². The summed E-state index contributed by atoms with van der Waals surface area (Å²) >= 11 is 6.01. The summed E-state index contributed by atoms with van der Waals surface area (Å²) in [5.41, 5.74) is 9.40. The lowest BCUT2D eigenvalue weighted by Crippen LogP contribution is -2.27. The van der Waals surface area contributed by atoms with E-state index in [1.54, 1.807) is 6.07 Å². The van der Waals surface area contributed by atoms with E-state index >= 15 is 0 Å². The Bertz CT molecular complexity index is 908. The van der Waals surface area contributed by atoms with Crippen molar-refractivity contribution < 1.29 is 24.9 Å². The van der Waals surface area contributed by atoms with E-state index < -0.39 is 18.0 Å². The molecule has 0 aliphatic heterocycles. The zero-order valence-electron chi connectivity index (χ0n) is 14.9. The van der Waals surface area contributed by atoms with Gasteiger partial charge in [-0.1, -0.05) is 25.4 Å². The van der Waals surface area contributed by atoms with Gasteiger partial charge >= 0.3 is 11.9 Å². The van der Waals surface area contributed by atoms with Gasteiger partial charge in [0.2, 0.25) is 0 Å². The van der Waals surface area contributed by atoms with Crippen molar-refractivity contribution in [3.8, 4) is 0 Å². The summed E-state index contributed by atoms with van der Waals surface area (Å²) in [6.07, 6.45) is 2.12. The first-order valence-electron chi connectivity index (χ1n) is 8.19. The summed E-state index contributed by atoms with van der Waals surface area (Å²) in [6.45, 7) is 4.28. The second kappa shape index (κ2) is 7.94. The van der Waals surface area contributed by atoms with E-state index in [9.17, 15) is 14.7 Å². The van der Waals surface area contributed by atoms with Crippen molar-refractivity contribution in [2.75, 3.05) is 5.73 Å². The molecule has 0 radical (unpaired) electrons. The number of nitrogens with zero attached hydrogens (tertiary/aromatic N) is 1. The van der Waals surface area contributed by atoms with Crippen LogP contribution in [0.3, 0.4) is 0 Å². The van der Waals surface area contributed by atoms with Crippen molar-refractivity contribution in [1.29, 1.82) is 0 Å². The molecule has 0 spiro atoms. The van der Waals surface area contributed by atoms with E-state index in [4.69, 9.17) is 27.5 Å². The highest BCUT2D eigenvalue weighted by molar-refractivity contribution is 6.31. The van der Waals surface area contributed by atoms with Gasteiger partial charge in [0.1, 0.15) is 0 Å². The van der Waals surface area contributed by atoms with Crippen molar-refractivity contribution in [3.63, 3.8) is 0 Å². The molecule has 5 N–H and O–H groups in total. The minimum atomic E-state index is -1.26. The van der Waals surface area contributed by atoms with Gasteiger partial charge in [-0.2, -0.15) is 0 Å². The zero-order chi connectivity index (χ0) is 20.4. The Kier molecular flexibility index (Phi) is 6.08. The number of aliphatic hydroxyl groups is 1. The van der Waals surface area contributed by atoms with Crippen LogP contribution < -0.4 is 5.73 Å². The van der Waals surface area contributed by atoms with Gasteiger partial charge in [-0.05, 0) is 36.5 Å². The Morgan fingerprint density at radius 3 is 2.41 bits per heavy atom. The molecule has 27 heavy (non-hydrogen) atoms. The van der Waals surface area contributed by atoms with Crippen LogP contribution in [0.5, 0.6) is 0 Å². The van der Waals surface area contributed by atoms with Gasteiger partial charge in [0.25, 0.3) is 0 Å². The van der Waals surface area contributed by atoms with Crippen molar-refractivity contribution in [2.24, 2.45) is 5.41 Å². The second-order valence-electron chi connectivity index (χ2n) is 7.12. The fraction of sp³-hybridized carbons (Fsp3) is 0.316. The topological polar surface area (TPSA) is 134 Å². The highest BCUT2D eigenvalue weighted by atomic mass is 35.5. The van der Waals surface area contributed by atoms with Gasteiger partial charge in [0.15, 0.2) is 0 Å².